The summed E-state index contributed by atoms with van der Waals surface area (Å²) in [6.45, 7) is 4.06. The molecule has 0 saturated heterocycles. The number of carbonyl (C=O) groups excluding carboxylic acids is 2. The maximum absolute atomic E-state index is 13.0. The van der Waals surface area contributed by atoms with Crippen LogP contribution in [0.1, 0.15) is 43.0 Å². The Morgan fingerprint density at radius 3 is 2.69 bits per heavy atom. The number of anilines is 1. The number of nitrogens with zero attached hydrogens (tertiary/aromatic N) is 3. The number of hydrogen-bond donors (Lipinski definition) is 3. The summed E-state index contributed by atoms with van der Waals surface area (Å²) >= 11 is 4.88. The first-order chi connectivity index (χ1) is 17.4. The molecule has 0 unspecified atom stereocenters. The zero-order valence-electron chi connectivity index (χ0n) is 19.6. The minimum Gasteiger partial charge on any atom is -0.321 e. The molecule has 0 aliphatic carbocycles. The number of hydrogen-bond acceptors (Lipinski definition) is 6. The van der Waals surface area contributed by atoms with Gasteiger partial charge in [0.05, 0.1) is 17.5 Å². The lowest BCUT2D eigenvalue weighted by Gasteiger charge is -2.11. The summed E-state index contributed by atoms with van der Waals surface area (Å²) in [5.41, 5.74) is 7.85. The van der Waals surface area contributed by atoms with Gasteiger partial charge < -0.3 is 5.32 Å². The minimum absolute atomic E-state index is 0.284. The molecule has 10 heteroatoms. The highest BCUT2D eigenvalue weighted by molar-refractivity contribution is 9.10. The highest BCUT2D eigenvalue weighted by Crippen LogP contribution is 2.23. The Bertz CT molecular complexity index is 1420. The fourth-order valence-corrected chi connectivity index (χ4v) is 4.38. The van der Waals surface area contributed by atoms with Crippen molar-refractivity contribution in [1.29, 1.82) is 0 Å². The predicted molar refractivity (Wildman–Crippen MR) is 145 cm³/mol. The van der Waals surface area contributed by atoms with E-state index in [9.17, 15) is 9.59 Å². The van der Waals surface area contributed by atoms with Crippen LogP contribution in [0.4, 0.5) is 5.69 Å². The van der Waals surface area contributed by atoms with Gasteiger partial charge in [-0.25, -0.2) is 10.4 Å². The van der Waals surface area contributed by atoms with Crippen molar-refractivity contribution in [1.82, 2.24) is 20.6 Å². The second-order valence-electron chi connectivity index (χ2n) is 7.97. The number of nitrogens with one attached hydrogen (secondary N) is 3. The van der Waals surface area contributed by atoms with Gasteiger partial charge in [0.2, 0.25) is 0 Å². The third-order valence-corrected chi connectivity index (χ3v) is 6.78. The van der Waals surface area contributed by atoms with Gasteiger partial charge in [-0.1, -0.05) is 58.0 Å². The maximum Gasteiger partial charge on any atom is 0.273 e. The van der Waals surface area contributed by atoms with Gasteiger partial charge in [0, 0.05) is 15.8 Å². The van der Waals surface area contributed by atoms with Gasteiger partial charge in [-0.2, -0.15) is 10.2 Å². The third-order valence-electron chi connectivity index (χ3n) is 5.34. The van der Waals surface area contributed by atoms with Crippen LogP contribution in [0.15, 0.2) is 81.7 Å². The Kier molecular flexibility index (Phi) is 8.29. The highest BCUT2D eigenvalue weighted by atomic mass is 79.9. The SMILES string of the molecule is Cc1ccc(/C=N/NC(=O)c2cc(Br)ccc2NC(=O)c2cccc(CSc3ncn[nH]3)c2)cc1C. The number of hydrazone groups is 1. The summed E-state index contributed by atoms with van der Waals surface area (Å²) in [6, 6.07) is 18.3. The zero-order valence-corrected chi connectivity index (χ0v) is 22.0. The Morgan fingerprint density at radius 2 is 1.92 bits per heavy atom. The van der Waals surface area contributed by atoms with Crippen LogP contribution in [0, 0.1) is 13.8 Å². The molecular weight excluding hydrogens is 540 g/mol. The average molecular weight is 563 g/mol. The minimum atomic E-state index is -0.441. The van der Waals surface area contributed by atoms with Crippen molar-refractivity contribution < 1.29 is 9.59 Å². The molecule has 36 heavy (non-hydrogen) atoms. The number of thioether (sulfide) groups is 1. The summed E-state index contributed by atoms with van der Waals surface area (Å²) in [5, 5.41) is 14.3. The smallest absolute Gasteiger partial charge is 0.273 e. The van der Waals surface area contributed by atoms with E-state index in [4.69, 9.17) is 0 Å². The van der Waals surface area contributed by atoms with Crippen LogP contribution in [0.25, 0.3) is 0 Å². The van der Waals surface area contributed by atoms with Crippen molar-refractivity contribution in [3.63, 3.8) is 0 Å². The molecule has 0 fully saturated rings. The molecule has 3 aromatic carbocycles. The molecule has 2 amide bonds. The van der Waals surface area contributed by atoms with Crippen molar-refractivity contribution in [3.8, 4) is 0 Å². The molecule has 0 atom stereocenters. The molecule has 4 rings (SSSR count). The van der Waals surface area contributed by atoms with Gasteiger partial charge in [-0.15, -0.1) is 0 Å². The van der Waals surface area contributed by atoms with E-state index >= 15 is 0 Å². The van der Waals surface area contributed by atoms with E-state index in [0.717, 1.165) is 16.7 Å². The molecule has 3 N–H and O–H groups in total. The van der Waals surface area contributed by atoms with E-state index < -0.39 is 5.91 Å². The van der Waals surface area contributed by atoms with Crippen molar-refractivity contribution in [3.05, 3.63) is 105 Å². The van der Waals surface area contributed by atoms with Gasteiger partial charge in [0.1, 0.15) is 6.33 Å². The first-order valence-electron chi connectivity index (χ1n) is 11.0. The molecule has 0 radical (unpaired) electrons. The molecule has 0 bridgehead atoms. The van der Waals surface area contributed by atoms with E-state index in [1.807, 2.05) is 50.2 Å². The predicted octanol–water partition coefficient (Wildman–Crippen LogP) is 5.49. The Labute approximate surface area is 221 Å². The highest BCUT2D eigenvalue weighted by Gasteiger charge is 2.15. The van der Waals surface area contributed by atoms with Gasteiger partial charge in [-0.05, 0) is 66.4 Å². The van der Waals surface area contributed by atoms with Crippen molar-refractivity contribution in [2.75, 3.05) is 5.32 Å². The van der Waals surface area contributed by atoms with Crippen LogP contribution in [0.5, 0.6) is 0 Å². The number of rotatable bonds is 8. The molecule has 0 spiro atoms. The summed E-state index contributed by atoms with van der Waals surface area (Å²) in [7, 11) is 0. The van der Waals surface area contributed by atoms with Gasteiger partial charge in [0.25, 0.3) is 11.8 Å². The summed E-state index contributed by atoms with van der Waals surface area (Å²) in [5.74, 6) is -0.138. The first-order valence-corrected chi connectivity index (χ1v) is 12.8. The Morgan fingerprint density at radius 1 is 1.06 bits per heavy atom. The lowest BCUT2D eigenvalue weighted by Crippen LogP contribution is -2.21. The fourth-order valence-electron chi connectivity index (χ4n) is 3.30. The first kappa shape index (κ1) is 25.3. The van der Waals surface area contributed by atoms with E-state index in [-0.39, 0.29) is 11.5 Å². The van der Waals surface area contributed by atoms with E-state index in [0.29, 0.717) is 26.6 Å². The van der Waals surface area contributed by atoms with Crippen LogP contribution >= 0.6 is 27.7 Å². The quantitative estimate of drug-likeness (QED) is 0.149. The molecule has 1 aromatic heterocycles. The molecule has 8 nitrogen and oxygen atoms in total. The lowest BCUT2D eigenvalue weighted by atomic mass is 10.1. The third kappa shape index (κ3) is 6.67. The van der Waals surface area contributed by atoms with E-state index in [1.165, 1.54) is 23.7 Å². The van der Waals surface area contributed by atoms with Crippen LogP contribution in [0.2, 0.25) is 0 Å². The molecule has 0 aliphatic heterocycles. The Hall–Kier alpha value is -3.76. The Balaban J connectivity index is 1.45. The molecular formula is C26H23BrN6O2S. The number of benzene rings is 3. The average Bonchev–Trinajstić information content (AvgIpc) is 3.40. The summed E-state index contributed by atoms with van der Waals surface area (Å²) in [6.07, 6.45) is 3.04. The van der Waals surface area contributed by atoms with Gasteiger partial charge in [-0.3, -0.25) is 14.7 Å². The second-order valence-corrected chi connectivity index (χ2v) is 9.85. The van der Waals surface area contributed by atoms with Crippen LogP contribution in [-0.4, -0.2) is 33.2 Å². The monoisotopic (exact) mass is 562 g/mol. The number of carbonyl (C=O) groups is 2. The number of aryl methyl sites for hydroxylation is 2. The topological polar surface area (TPSA) is 112 Å². The van der Waals surface area contributed by atoms with Crippen LogP contribution < -0.4 is 10.7 Å². The normalized spacial score (nSPS) is 11.0. The number of halogens is 1. The number of amides is 2. The van der Waals surface area contributed by atoms with E-state index in [2.05, 4.69) is 47.0 Å². The standard InChI is InChI=1S/C26H23BrN6O2S/c1-16-6-7-18(10-17(16)2)13-29-32-25(35)22-12-21(27)8-9-23(22)31-24(34)20-5-3-4-19(11-20)14-36-26-28-15-30-33-26/h3-13,15H,14H2,1-2H3,(H,31,34)(H,32,35)(H,28,30,33)/b29-13+. The number of H-pyrrole nitrogens is 1. The van der Waals surface area contributed by atoms with Gasteiger partial charge in [0.15, 0.2) is 5.16 Å². The molecule has 0 aliphatic rings. The van der Waals surface area contributed by atoms with Crippen LogP contribution in [0.3, 0.4) is 0 Å². The maximum atomic E-state index is 13.0. The fraction of sp³-hybridized carbons (Fsp3) is 0.115. The lowest BCUT2D eigenvalue weighted by molar-refractivity contribution is 0.0956. The second kappa shape index (κ2) is 11.8. The molecule has 0 saturated carbocycles. The molecule has 182 valence electrons. The largest absolute Gasteiger partial charge is 0.321 e. The van der Waals surface area contributed by atoms with Crippen molar-refractivity contribution in [2.45, 2.75) is 24.8 Å². The summed E-state index contributed by atoms with van der Waals surface area (Å²) < 4.78 is 0.704. The molecule has 4 aromatic rings. The molecule has 1 heterocycles. The van der Waals surface area contributed by atoms with Crippen molar-refractivity contribution >= 4 is 51.4 Å². The zero-order chi connectivity index (χ0) is 25.5. The number of aromatic amines is 1. The number of aromatic nitrogens is 3. The summed E-state index contributed by atoms with van der Waals surface area (Å²) in [4.78, 5) is 30.0. The van der Waals surface area contributed by atoms with Gasteiger partial charge >= 0.3 is 0 Å². The van der Waals surface area contributed by atoms with Crippen molar-refractivity contribution in [2.24, 2.45) is 5.10 Å². The van der Waals surface area contributed by atoms with E-state index in [1.54, 1.807) is 30.5 Å². The van der Waals surface area contributed by atoms with Crippen LogP contribution in [-0.2, 0) is 5.75 Å².